The summed E-state index contributed by atoms with van der Waals surface area (Å²) < 4.78 is 9.84. The number of likely N-dealkylation sites (tertiary alicyclic amines) is 1. The number of aliphatic hydroxyl groups is 2. The monoisotopic (exact) mass is 653 g/mol. The molecule has 2 aliphatic rings. The molecule has 3 unspecified atom stereocenters. The van der Waals surface area contributed by atoms with Gasteiger partial charge < -0.3 is 40.5 Å². The first-order chi connectivity index (χ1) is 21.9. The lowest BCUT2D eigenvalue weighted by molar-refractivity contribution is -0.144. The molecule has 46 heavy (non-hydrogen) atoms. The molecule has 3 atom stereocenters. The number of esters is 1. The van der Waals surface area contributed by atoms with Gasteiger partial charge in [0, 0.05) is 51.1 Å². The van der Waals surface area contributed by atoms with E-state index in [0.717, 1.165) is 0 Å². The molecule has 2 aliphatic heterocycles. The number of amides is 4. The third-order valence-corrected chi connectivity index (χ3v) is 6.98. The maximum atomic E-state index is 12.2. The Hall–Kier alpha value is -4.08. The molecule has 15 nitrogen and oxygen atoms in total. The second-order valence-corrected chi connectivity index (χ2v) is 10.7. The van der Waals surface area contributed by atoms with E-state index in [0.29, 0.717) is 70.3 Å². The highest BCUT2D eigenvalue weighted by molar-refractivity contribution is 6.03. The fourth-order valence-corrected chi connectivity index (χ4v) is 4.48. The number of phenolic OH excluding ortho intramolecular Hbond substituents is 1. The molecule has 2 saturated heterocycles. The van der Waals surface area contributed by atoms with Gasteiger partial charge in [0.2, 0.25) is 23.6 Å². The maximum Gasteiger partial charge on any atom is 0.305 e. The van der Waals surface area contributed by atoms with Crippen LogP contribution in [0.2, 0.25) is 0 Å². The molecule has 4 amide bonds. The minimum absolute atomic E-state index is 0.0258. The van der Waals surface area contributed by atoms with E-state index < -0.39 is 12.2 Å². The van der Waals surface area contributed by atoms with E-state index in [1.165, 1.54) is 17.0 Å². The van der Waals surface area contributed by atoms with Crippen LogP contribution < -0.4 is 10.6 Å². The van der Waals surface area contributed by atoms with Crippen LogP contribution in [0.1, 0.15) is 77.2 Å². The molecule has 6 N–H and O–H groups in total. The van der Waals surface area contributed by atoms with Gasteiger partial charge in [0.25, 0.3) is 6.47 Å². The lowest BCUT2D eigenvalue weighted by Crippen LogP contribution is -2.32. The second-order valence-electron chi connectivity index (χ2n) is 10.7. The van der Waals surface area contributed by atoms with Gasteiger partial charge >= 0.3 is 5.97 Å². The van der Waals surface area contributed by atoms with Crippen molar-refractivity contribution in [3.63, 3.8) is 0 Å². The zero-order valence-electron chi connectivity index (χ0n) is 26.4. The minimum Gasteiger partial charge on any atom is -0.506 e. The molecular formula is C31H47N3O12. The van der Waals surface area contributed by atoms with Crippen LogP contribution in [0.4, 0.5) is 5.69 Å². The van der Waals surface area contributed by atoms with E-state index in [4.69, 9.17) is 29.6 Å². The Kier molecular flexibility index (Phi) is 19.5. The van der Waals surface area contributed by atoms with Crippen molar-refractivity contribution < 1.29 is 58.7 Å². The summed E-state index contributed by atoms with van der Waals surface area (Å²) in [6.07, 6.45) is 3.07. The van der Waals surface area contributed by atoms with E-state index in [1.54, 1.807) is 13.0 Å². The quantitative estimate of drug-likeness (QED) is 0.0551. The van der Waals surface area contributed by atoms with Crippen LogP contribution in [-0.4, -0.2) is 99.9 Å². The van der Waals surface area contributed by atoms with Gasteiger partial charge in [0.1, 0.15) is 12.4 Å². The number of carboxylic acid groups (broad SMARTS) is 1. The number of unbranched alkanes of at least 4 members (excludes halogenated alkanes) is 2. The predicted molar refractivity (Wildman–Crippen MR) is 164 cm³/mol. The summed E-state index contributed by atoms with van der Waals surface area (Å²) in [4.78, 5) is 69.1. The summed E-state index contributed by atoms with van der Waals surface area (Å²) in [6.45, 7) is 4.66. The Morgan fingerprint density at radius 1 is 1.04 bits per heavy atom. The van der Waals surface area contributed by atoms with Gasteiger partial charge in [0.15, 0.2) is 0 Å². The Labute approximate surface area is 268 Å². The lowest BCUT2D eigenvalue weighted by atomic mass is 10.1. The molecule has 0 aliphatic carbocycles. The zero-order valence-corrected chi connectivity index (χ0v) is 26.4. The predicted octanol–water partition coefficient (Wildman–Crippen LogP) is 1.47. The van der Waals surface area contributed by atoms with Gasteiger partial charge in [-0.1, -0.05) is 26.3 Å². The van der Waals surface area contributed by atoms with Crippen molar-refractivity contribution in [2.24, 2.45) is 5.92 Å². The number of hydrogen-bond donors (Lipinski definition) is 6. The van der Waals surface area contributed by atoms with Gasteiger partial charge in [-0.25, -0.2) is 0 Å². The standard InChI is InChI=1S/C25H35N3O7.C5H10O3.CH2O2/c1-3-18-15-23(32)28(25(18)34)13-7-5-6-8-21(30)26-12-11-22(31)27-19-14-17(9-10-20(19)29)16-35-24(33)4-2;6-4-1-5(7)3-8-2-4;2-1-3/h9-10,14,18,29H,3-8,11-13,15-16H2,1-2H3,(H,26,30)(H,27,31);4-7H,1-3H2;1H,(H,2,3). The van der Waals surface area contributed by atoms with Crippen LogP contribution in [0.5, 0.6) is 5.75 Å². The van der Waals surface area contributed by atoms with E-state index in [9.17, 15) is 29.1 Å². The molecule has 258 valence electrons. The van der Waals surface area contributed by atoms with Crippen molar-refractivity contribution in [2.45, 2.75) is 90.4 Å². The first-order valence-corrected chi connectivity index (χ1v) is 15.3. The molecule has 1 aromatic rings. The maximum absolute atomic E-state index is 12.2. The van der Waals surface area contributed by atoms with Crippen LogP contribution in [0, 0.1) is 5.92 Å². The normalized spacial score (nSPS) is 18.8. The SMILES string of the molecule is CCC(=O)OCc1ccc(O)c(NC(=O)CCNC(=O)CCCCCN2C(=O)CC(CC)C2=O)c1.O=CO.OC1COCC(O)C1. The van der Waals surface area contributed by atoms with Crippen LogP contribution >= 0.6 is 0 Å². The van der Waals surface area contributed by atoms with E-state index in [-0.39, 0.29) is 79.4 Å². The van der Waals surface area contributed by atoms with Crippen LogP contribution in [0.25, 0.3) is 0 Å². The Morgan fingerprint density at radius 2 is 1.72 bits per heavy atom. The highest BCUT2D eigenvalue weighted by Crippen LogP contribution is 2.25. The number of phenols is 1. The number of hydrogen-bond acceptors (Lipinski definition) is 11. The number of anilines is 1. The largest absolute Gasteiger partial charge is 0.506 e. The number of carbonyl (C=O) groups excluding carboxylic acids is 5. The van der Waals surface area contributed by atoms with Gasteiger partial charge in [-0.3, -0.25) is 33.7 Å². The summed E-state index contributed by atoms with van der Waals surface area (Å²) in [5.41, 5.74) is 0.823. The summed E-state index contributed by atoms with van der Waals surface area (Å²) in [6, 6.07) is 4.53. The van der Waals surface area contributed by atoms with Crippen molar-refractivity contribution >= 4 is 41.8 Å². The number of aliphatic hydroxyl groups excluding tert-OH is 2. The fraction of sp³-hybridized carbons (Fsp3) is 0.613. The number of carbonyl (C=O) groups is 6. The van der Waals surface area contributed by atoms with Gasteiger partial charge in [-0.2, -0.15) is 0 Å². The van der Waals surface area contributed by atoms with Crippen molar-refractivity contribution in [1.82, 2.24) is 10.2 Å². The Morgan fingerprint density at radius 3 is 2.28 bits per heavy atom. The Balaban J connectivity index is 0.000000812. The van der Waals surface area contributed by atoms with E-state index >= 15 is 0 Å². The second kappa shape index (κ2) is 22.4. The number of aromatic hydroxyl groups is 1. The smallest absolute Gasteiger partial charge is 0.305 e. The number of ether oxygens (including phenoxy) is 2. The summed E-state index contributed by atoms with van der Waals surface area (Å²) in [7, 11) is 0. The summed E-state index contributed by atoms with van der Waals surface area (Å²) >= 11 is 0. The summed E-state index contributed by atoms with van der Waals surface area (Å²) in [5, 5.41) is 39.7. The number of nitrogens with zero attached hydrogens (tertiary/aromatic N) is 1. The molecule has 0 saturated carbocycles. The lowest BCUT2D eigenvalue weighted by Gasteiger charge is -2.21. The first kappa shape index (κ1) is 39.9. The fourth-order valence-electron chi connectivity index (χ4n) is 4.48. The highest BCUT2D eigenvalue weighted by Gasteiger charge is 2.36. The van der Waals surface area contributed by atoms with E-state index in [1.807, 2.05) is 6.92 Å². The average molecular weight is 654 g/mol. The zero-order chi connectivity index (χ0) is 34.5. The molecule has 0 radical (unpaired) electrons. The van der Waals surface area contributed by atoms with Crippen molar-refractivity contribution in [1.29, 1.82) is 0 Å². The average Bonchev–Trinajstić information content (AvgIpc) is 3.29. The Bertz CT molecular complexity index is 1140. The third-order valence-electron chi connectivity index (χ3n) is 6.98. The van der Waals surface area contributed by atoms with Crippen molar-refractivity contribution in [3.05, 3.63) is 23.8 Å². The highest BCUT2D eigenvalue weighted by atomic mass is 16.5. The van der Waals surface area contributed by atoms with Crippen LogP contribution in [0.15, 0.2) is 18.2 Å². The molecule has 0 spiro atoms. The van der Waals surface area contributed by atoms with Gasteiger partial charge in [-0.15, -0.1) is 0 Å². The number of imide groups is 1. The molecule has 2 fully saturated rings. The number of rotatable bonds is 14. The van der Waals surface area contributed by atoms with Crippen LogP contribution in [-0.2, 0) is 44.8 Å². The topological polar surface area (TPSA) is 229 Å². The number of nitrogens with one attached hydrogen (secondary N) is 2. The molecule has 3 rings (SSSR count). The molecule has 15 heteroatoms. The third kappa shape index (κ3) is 15.8. The molecular weight excluding hydrogens is 606 g/mol. The molecule has 0 bridgehead atoms. The van der Waals surface area contributed by atoms with Gasteiger partial charge in [-0.05, 0) is 37.0 Å². The van der Waals surface area contributed by atoms with Crippen LogP contribution in [0.3, 0.4) is 0 Å². The van der Waals surface area contributed by atoms with Crippen molar-refractivity contribution in [2.75, 3.05) is 31.6 Å². The first-order valence-electron chi connectivity index (χ1n) is 15.3. The van der Waals surface area contributed by atoms with Gasteiger partial charge in [0.05, 0.1) is 31.1 Å². The minimum atomic E-state index is -0.459. The number of benzene rings is 1. The molecule has 0 aromatic heterocycles. The molecule has 1 aromatic carbocycles. The molecule has 2 heterocycles. The summed E-state index contributed by atoms with van der Waals surface area (Å²) in [5.74, 6) is -1.42. The van der Waals surface area contributed by atoms with Crippen molar-refractivity contribution in [3.8, 4) is 5.75 Å². The van der Waals surface area contributed by atoms with E-state index in [2.05, 4.69) is 10.6 Å².